The summed E-state index contributed by atoms with van der Waals surface area (Å²) in [6, 6.07) is 0. The van der Waals surface area contributed by atoms with Crippen LogP contribution < -0.4 is 11.1 Å². The first-order valence-corrected chi connectivity index (χ1v) is 5.98. The van der Waals surface area contributed by atoms with Crippen LogP contribution in [-0.2, 0) is 4.74 Å². The summed E-state index contributed by atoms with van der Waals surface area (Å²) in [5.41, 5.74) is 6.82. The van der Waals surface area contributed by atoms with Crippen molar-refractivity contribution in [1.29, 1.82) is 0 Å². The number of anilines is 2. The average Bonchev–Trinajstić information content (AvgIpc) is 2.23. The van der Waals surface area contributed by atoms with Crippen molar-refractivity contribution in [2.75, 3.05) is 24.2 Å². The monoisotopic (exact) mass is 238 g/mol. The normalized spacial score (nSPS) is 11.2. The Morgan fingerprint density at radius 1 is 1.29 bits per heavy atom. The molecule has 5 nitrogen and oxygen atoms in total. The lowest BCUT2D eigenvalue weighted by Crippen LogP contribution is -2.16. The standard InChI is InChI=1S/C12H22N4O/c1-8(2)10-11(13)15-7-16-12(10)14-5-6-17-9(3)4/h7-9H,5-6H2,1-4H3,(H3,13,14,15,16). The van der Waals surface area contributed by atoms with E-state index in [-0.39, 0.29) is 6.10 Å². The summed E-state index contributed by atoms with van der Waals surface area (Å²) < 4.78 is 5.46. The van der Waals surface area contributed by atoms with Crippen molar-refractivity contribution in [3.8, 4) is 0 Å². The summed E-state index contributed by atoms with van der Waals surface area (Å²) in [5.74, 6) is 1.65. The van der Waals surface area contributed by atoms with Crippen LogP contribution in [0.15, 0.2) is 6.33 Å². The zero-order valence-electron chi connectivity index (χ0n) is 11.0. The third-order valence-electron chi connectivity index (χ3n) is 2.34. The molecule has 0 saturated carbocycles. The SMILES string of the molecule is CC(C)OCCNc1ncnc(N)c1C(C)C. The maximum Gasteiger partial charge on any atom is 0.135 e. The highest BCUT2D eigenvalue weighted by atomic mass is 16.5. The number of ether oxygens (including phenoxy) is 1. The van der Waals surface area contributed by atoms with Crippen LogP contribution in [0, 0.1) is 0 Å². The van der Waals surface area contributed by atoms with Gasteiger partial charge in [0, 0.05) is 12.1 Å². The molecule has 0 atom stereocenters. The van der Waals surface area contributed by atoms with Gasteiger partial charge < -0.3 is 15.8 Å². The van der Waals surface area contributed by atoms with Crippen molar-refractivity contribution in [2.45, 2.75) is 39.7 Å². The Kier molecular flexibility index (Phi) is 5.15. The Labute approximate surface area is 103 Å². The molecule has 0 aromatic carbocycles. The first kappa shape index (κ1) is 13.7. The van der Waals surface area contributed by atoms with E-state index in [0.29, 0.717) is 24.9 Å². The Hall–Kier alpha value is -1.36. The minimum atomic E-state index is 0.247. The highest BCUT2D eigenvalue weighted by Crippen LogP contribution is 2.25. The van der Waals surface area contributed by atoms with Crippen LogP contribution in [0.1, 0.15) is 39.2 Å². The van der Waals surface area contributed by atoms with E-state index in [9.17, 15) is 0 Å². The van der Waals surface area contributed by atoms with Crippen molar-refractivity contribution < 1.29 is 4.74 Å². The lowest BCUT2D eigenvalue weighted by atomic mass is 10.0. The summed E-state index contributed by atoms with van der Waals surface area (Å²) in [5, 5.41) is 3.23. The van der Waals surface area contributed by atoms with E-state index in [4.69, 9.17) is 10.5 Å². The Balaban J connectivity index is 2.61. The molecule has 0 aliphatic rings. The molecule has 0 saturated heterocycles. The van der Waals surface area contributed by atoms with Crippen LogP contribution in [-0.4, -0.2) is 29.2 Å². The average molecular weight is 238 g/mol. The summed E-state index contributed by atoms with van der Waals surface area (Å²) in [4.78, 5) is 8.23. The fourth-order valence-electron chi connectivity index (χ4n) is 1.58. The van der Waals surface area contributed by atoms with Gasteiger partial charge >= 0.3 is 0 Å². The molecule has 1 heterocycles. The molecule has 5 heteroatoms. The number of hydrogen-bond acceptors (Lipinski definition) is 5. The lowest BCUT2D eigenvalue weighted by Gasteiger charge is -2.15. The third-order valence-corrected chi connectivity index (χ3v) is 2.34. The molecule has 1 rings (SSSR count). The van der Waals surface area contributed by atoms with Gasteiger partial charge in [0.25, 0.3) is 0 Å². The summed E-state index contributed by atoms with van der Waals surface area (Å²) in [6.45, 7) is 9.55. The molecule has 1 aromatic rings. The molecular weight excluding hydrogens is 216 g/mol. The van der Waals surface area contributed by atoms with Crippen molar-refractivity contribution in [2.24, 2.45) is 0 Å². The van der Waals surface area contributed by atoms with Gasteiger partial charge in [0.2, 0.25) is 0 Å². The van der Waals surface area contributed by atoms with Crippen LogP contribution in [0.2, 0.25) is 0 Å². The van der Waals surface area contributed by atoms with Gasteiger partial charge in [-0.25, -0.2) is 9.97 Å². The second-order valence-corrected chi connectivity index (χ2v) is 4.52. The molecule has 0 aliphatic heterocycles. The van der Waals surface area contributed by atoms with Crippen molar-refractivity contribution >= 4 is 11.6 Å². The quantitative estimate of drug-likeness (QED) is 0.742. The first-order valence-electron chi connectivity index (χ1n) is 5.98. The molecule has 0 unspecified atom stereocenters. The molecule has 96 valence electrons. The van der Waals surface area contributed by atoms with E-state index in [1.165, 1.54) is 6.33 Å². The summed E-state index contributed by atoms with van der Waals surface area (Å²) >= 11 is 0. The fourth-order valence-corrected chi connectivity index (χ4v) is 1.58. The Morgan fingerprint density at radius 3 is 2.59 bits per heavy atom. The van der Waals surface area contributed by atoms with Gasteiger partial charge in [-0.1, -0.05) is 13.8 Å². The molecule has 0 radical (unpaired) electrons. The van der Waals surface area contributed by atoms with E-state index >= 15 is 0 Å². The maximum absolute atomic E-state index is 5.85. The summed E-state index contributed by atoms with van der Waals surface area (Å²) in [7, 11) is 0. The number of nitrogens with two attached hydrogens (primary N) is 1. The second kappa shape index (κ2) is 6.39. The minimum Gasteiger partial charge on any atom is -0.383 e. The topological polar surface area (TPSA) is 73.1 Å². The molecule has 0 aliphatic carbocycles. The smallest absolute Gasteiger partial charge is 0.135 e. The van der Waals surface area contributed by atoms with E-state index in [1.54, 1.807) is 0 Å². The predicted molar refractivity (Wildman–Crippen MR) is 70.1 cm³/mol. The largest absolute Gasteiger partial charge is 0.383 e. The molecule has 3 N–H and O–H groups in total. The van der Waals surface area contributed by atoms with Gasteiger partial charge in [-0.3, -0.25) is 0 Å². The van der Waals surface area contributed by atoms with E-state index in [0.717, 1.165) is 11.4 Å². The molecule has 0 amide bonds. The van der Waals surface area contributed by atoms with Gasteiger partial charge in [0.15, 0.2) is 0 Å². The van der Waals surface area contributed by atoms with Crippen LogP contribution in [0.4, 0.5) is 11.6 Å². The van der Waals surface area contributed by atoms with Crippen LogP contribution in [0.5, 0.6) is 0 Å². The number of nitrogens with one attached hydrogen (secondary N) is 1. The van der Waals surface area contributed by atoms with Crippen molar-refractivity contribution in [1.82, 2.24) is 9.97 Å². The number of nitrogen functional groups attached to an aromatic ring is 1. The van der Waals surface area contributed by atoms with Crippen molar-refractivity contribution in [3.63, 3.8) is 0 Å². The Bertz CT molecular complexity index is 352. The molecule has 0 bridgehead atoms. The second-order valence-electron chi connectivity index (χ2n) is 4.52. The minimum absolute atomic E-state index is 0.247. The molecule has 0 spiro atoms. The van der Waals surface area contributed by atoms with Crippen LogP contribution in [0.25, 0.3) is 0 Å². The molecule has 1 aromatic heterocycles. The summed E-state index contributed by atoms with van der Waals surface area (Å²) in [6.07, 6.45) is 1.73. The molecular formula is C12H22N4O. The fraction of sp³-hybridized carbons (Fsp3) is 0.667. The number of nitrogens with zero attached hydrogens (tertiary/aromatic N) is 2. The highest BCUT2D eigenvalue weighted by Gasteiger charge is 2.12. The van der Waals surface area contributed by atoms with Crippen molar-refractivity contribution in [3.05, 3.63) is 11.9 Å². The maximum atomic E-state index is 5.85. The van der Waals surface area contributed by atoms with E-state index in [1.807, 2.05) is 13.8 Å². The van der Waals surface area contributed by atoms with Gasteiger partial charge in [-0.05, 0) is 19.8 Å². The molecule has 17 heavy (non-hydrogen) atoms. The third kappa shape index (κ3) is 4.19. The van der Waals surface area contributed by atoms with Gasteiger partial charge in [0.05, 0.1) is 12.7 Å². The first-order chi connectivity index (χ1) is 8.02. The van der Waals surface area contributed by atoms with E-state index in [2.05, 4.69) is 29.1 Å². The molecule has 0 fully saturated rings. The lowest BCUT2D eigenvalue weighted by molar-refractivity contribution is 0.0870. The van der Waals surface area contributed by atoms with Crippen LogP contribution in [0.3, 0.4) is 0 Å². The van der Waals surface area contributed by atoms with Gasteiger partial charge in [-0.15, -0.1) is 0 Å². The number of aromatic nitrogens is 2. The zero-order chi connectivity index (χ0) is 12.8. The van der Waals surface area contributed by atoms with E-state index < -0.39 is 0 Å². The Morgan fingerprint density at radius 2 is 2.00 bits per heavy atom. The number of hydrogen-bond donors (Lipinski definition) is 2. The van der Waals surface area contributed by atoms with Crippen LogP contribution >= 0.6 is 0 Å². The predicted octanol–water partition coefficient (Wildman–Crippen LogP) is 2.02. The highest BCUT2D eigenvalue weighted by molar-refractivity contribution is 5.56. The zero-order valence-corrected chi connectivity index (χ0v) is 11.0. The van der Waals surface area contributed by atoms with Gasteiger partial charge in [-0.2, -0.15) is 0 Å². The number of rotatable bonds is 6. The van der Waals surface area contributed by atoms with Gasteiger partial charge in [0.1, 0.15) is 18.0 Å².